The Morgan fingerprint density at radius 1 is 1.19 bits per heavy atom. The van der Waals surface area contributed by atoms with Crippen LogP contribution in [0.5, 0.6) is 0 Å². The van der Waals surface area contributed by atoms with Gasteiger partial charge in [0.15, 0.2) is 0 Å². The third-order valence-electron chi connectivity index (χ3n) is 3.47. The highest BCUT2D eigenvalue weighted by Gasteiger charge is 2.13. The molecule has 1 aromatic heterocycles. The Morgan fingerprint density at radius 3 is 2.71 bits per heavy atom. The molecule has 0 bridgehead atoms. The highest BCUT2D eigenvalue weighted by atomic mass is 35.5. The molecule has 3 nitrogen and oxygen atoms in total. The second-order valence-corrected chi connectivity index (χ2v) is 5.42. The minimum absolute atomic E-state index is 0.755. The summed E-state index contributed by atoms with van der Waals surface area (Å²) in [5.74, 6) is 0.962. The first-order chi connectivity index (χ1) is 10.3. The monoisotopic (exact) mass is 306 g/mol. The molecular weight excluding hydrogens is 284 g/mol. The summed E-state index contributed by atoms with van der Waals surface area (Å²) in [5, 5.41) is 4.25. The minimum Gasteiger partial charge on any atom is -0.467 e. The van der Waals surface area contributed by atoms with Gasteiger partial charge in [0.25, 0.3) is 0 Å². The Labute approximate surface area is 131 Å². The van der Waals surface area contributed by atoms with Crippen molar-refractivity contribution in [3.8, 4) is 0 Å². The molecule has 2 aromatic rings. The molecule has 0 aliphatic rings. The zero-order valence-corrected chi connectivity index (χ0v) is 13.5. The zero-order valence-electron chi connectivity index (χ0n) is 12.7. The normalized spacial score (nSPS) is 10.8. The van der Waals surface area contributed by atoms with Crippen molar-refractivity contribution >= 4 is 17.3 Å². The molecule has 21 heavy (non-hydrogen) atoms. The highest BCUT2D eigenvalue weighted by Crippen LogP contribution is 2.28. The van der Waals surface area contributed by atoms with E-state index >= 15 is 0 Å². The van der Waals surface area contributed by atoms with Crippen LogP contribution in [0, 0.1) is 0 Å². The smallest absolute Gasteiger partial charge is 0.123 e. The van der Waals surface area contributed by atoms with Crippen LogP contribution >= 0.6 is 11.6 Å². The number of nitrogens with zero attached hydrogens (tertiary/aromatic N) is 1. The summed E-state index contributed by atoms with van der Waals surface area (Å²) in [6.45, 7) is 7.75. The molecule has 1 aromatic carbocycles. The quantitative estimate of drug-likeness (QED) is 0.730. The van der Waals surface area contributed by atoms with Gasteiger partial charge in [-0.2, -0.15) is 0 Å². The third-order valence-corrected chi connectivity index (χ3v) is 3.83. The molecule has 1 N–H and O–H groups in total. The van der Waals surface area contributed by atoms with Crippen LogP contribution in [0.4, 0.5) is 5.69 Å². The third kappa shape index (κ3) is 4.26. The number of furan rings is 1. The zero-order chi connectivity index (χ0) is 15.1. The summed E-state index contributed by atoms with van der Waals surface area (Å²) in [7, 11) is 0. The maximum Gasteiger partial charge on any atom is 0.123 e. The van der Waals surface area contributed by atoms with Crippen molar-refractivity contribution in [1.82, 2.24) is 5.32 Å². The Morgan fingerprint density at radius 2 is 2.05 bits per heavy atom. The molecule has 0 aliphatic carbocycles. The lowest BCUT2D eigenvalue weighted by atomic mass is 10.1. The molecular formula is C17H23ClN2O. The maximum atomic E-state index is 6.40. The fourth-order valence-corrected chi connectivity index (χ4v) is 2.60. The lowest BCUT2D eigenvalue weighted by Gasteiger charge is -2.25. The van der Waals surface area contributed by atoms with Crippen LogP contribution in [0.25, 0.3) is 0 Å². The van der Waals surface area contributed by atoms with Crippen LogP contribution < -0.4 is 10.2 Å². The molecule has 0 spiro atoms. The first-order valence-corrected chi connectivity index (χ1v) is 7.89. The lowest BCUT2D eigenvalue weighted by molar-refractivity contribution is 0.503. The molecule has 2 rings (SSSR count). The van der Waals surface area contributed by atoms with E-state index in [4.69, 9.17) is 16.0 Å². The van der Waals surface area contributed by atoms with Gasteiger partial charge in [0, 0.05) is 29.4 Å². The van der Waals surface area contributed by atoms with Gasteiger partial charge in [-0.15, -0.1) is 0 Å². The van der Waals surface area contributed by atoms with E-state index in [1.807, 2.05) is 24.3 Å². The van der Waals surface area contributed by atoms with Gasteiger partial charge in [-0.1, -0.05) is 24.6 Å². The molecule has 114 valence electrons. The number of anilines is 1. The van der Waals surface area contributed by atoms with Crippen LogP contribution in [-0.2, 0) is 13.1 Å². The highest BCUT2D eigenvalue weighted by molar-refractivity contribution is 6.31. The van der Waals surface area contributed by atoms with Gasteiger partial charge in [-0.05, 0) is 44.2 Å². The van der Waals surface area contributed by atoms with E-state index in [0.717, 1.165) is 48.9 Å². The molecule has 4 heteroatoms. The van der Waals surface area contributed by atoms with Crippen molar-refractivity contribution in [3.05, 3.63) is 52.9 Å². The molecule has 1 heterocycles. The first-order valence-electron chi connectivity index (χ1n) is 7.51. The van der Waals surface area contributed by atoms with Crippen LogP contribution in [-0.4, -0.2) is 13.1 Å². The average molecular weight is 307 g/mol. The second-order valence-electron chi connectivity index (χ2n) is 5.01. The van der Waals surface area contributed by atoms with Crippen LogP contribution in [0.15, 0.2) is 41.0 Å². The molecule has 0 atom stereocenters. The molecule has 0 saturated heterocycles. The van der Waals surface area contributed by atoms with Crippen molar-refractivity contribution in [2.45, 2.75) is 33.4 Å². The van der Waals surface area contributed by atoms with Gasteiger partial charge in [0.05, 0.1) is 12.8 Å². The predicted molar refractivity (Wildman–Crippen MR) is 88.9 cm³/mol. The molecule has 0 fully saturated rings. The topological polar surface area (TPSA) is 28.4 Å². The SMILES string of the molecule is CCCNCc1c(Cl)cccc1N(CC)Cc1ccco1. The second kappa shape index (κ2) is 8.11. The number of halogens is 1. The van der Waals surface area contributed by atoms with Gasteiger partial charge < -0.3 is 14.6 Å². The van der Waals surface area contributed by atoms with Gasteiger partial charge in [-0.25, -0.2) is 0 Å². The minimum atomic E-state index is 0.755. The van der Waals surface area contributed by atoms with Crippen molar-refractivity contribution < 1.29 is 4.42 Å². The Hall–Kier alpha value is -1.45. The summed E-state index contributed by atoms with van der Waals surface area (Å²) in [4.78, 5) is 2.29. The van der Waals surface area contributed by atoms with E-state index in [1.165, 1.54) is 5.69 Å². The van der Waals surface area contributed by atoms with E-state index in [1.54, 1.807) is 6.26 Å². The number of hydrogen-bond donors (Lipinski definition) is 1. The fourth-order valence-electron chi connectivity index (χ4n) is 2.37. The Bertz CT molecular complexity index is 540. The lowest BCUT2D eigenvalue weighted by Crippen LogP contribution is -2.25. The summed E-state index contributed by atoms with van der Waals surface area (Å²) in [6, 6.07) is 10.0. The standard InChI is InChI=1S/C17H23ClN2O/c1-3-10-19-12-15-16(18)8-5-9-17(15)20(4-2)13-14-7-6-11-21-14/h5-9,11,19H,3-4,10,12-13H2,1-2H3. The van der Waals surface area contributed by atoms with Crippen molar-refractivity contribution in [2.75, 3.05) is 18.0 Å². The number of benzene rings is 1. The molecule has 0 unspecified atom stereocenters. The molecule has 0 radical (unpaired) electrons. The van der Waals surface area contributed by atoms with Gasteiger partial charge in [0.1, 0.15) is 5.76 Å². The fraction of sp³-hybridized carbons (Fsp3) is 0.412. The van der Waals surface area contributed by atoms with Crippen molar-refractivity contribution in [2.24, 2.45) is 0 Å². The number of nitrogens with one attached hydrogen (secondary N) is 1. The number of hydrogen-bond acceptors (Lipinski definition) is 3. The van der Waals surface area contributed by atoms with Crippen molar-refractivity contribution in [3.63, 3.8) is 0 Å². The summed E-state index contributed by atoms with van der Waals surface area (Å²) < 4.78 is 5.47. The average Bonchev–Trinajstić information content (AvgIpc) is 3.00. The van der Waals surface area contributed by atoms with Gasteiger partial charge in [0.2, 0.25) is 0 Å². The van der Waals surface area contributed by atoms with E-state index in [2.05, 4.69) is 30.1 Å². The summed E-state index contributed by atoms with van der Waals surface area (Å²) in [6.07, 6.45) is 2.83. The van der Waals surface area contributed by atoms with E-state index in [9.17, 15) is 0 Å². The Kier molecular flexibility index (Phi) is 6.15. The summed E-state index contributed by atoms with van der Waals surface area (Å²) in [5.41, 5.74) is 2.33. The first kappa shape index (κ1) is 15.9. The number of rotatable bonds is 8. The maximum absolute atomic E-state index is 6.40. The largest absolute Gasteiger partial charge is 0.467 e. The van der Waals surface area contributed by atoms with Crippen LogP contribution in [0.2, 0.25) is 5.02 Å². The molecule has 0 saturated carbocycles. The van der Waals surface area contributed by atoms with Gasteiger partial charge >= 0.3 is 0 Å². The Balaban J connectivity index is 2.21. The summed E-state index contributed by atoms with van der Waals surface area (Å²) >= 11 is 6.40. The molecule has 0 amide bonds. The van der Waals surface area contributed by atoms with E-state index in [-0.39, 0.29) is 0 Å². The van der Waals surface area contributed by atoms with Crippen LogP contribution in [0.1, 0.15) is 31.6 Å². The van der Waals surface area contributed by atoms with Gasteiger partial charge in [-0.3, -0.25) is 0 Å². The van der Waals surface area contributed by atoms with Crippen LogP contribution in [0.3, 0.4) is 0 Å². The van der Waals surface area contributed by atoms with Crippen molar-refractivity contribution in [1.29, 1.82) is 0 Å². The van der Waals surface area contributed by atoms with E-state index < -0.39 is 0 Å². The van der Waals surface area contributed by atoms with E-state index in [0.29, 0.717) is 0 Å². The predicted octanol–water partition coefficient (Wildman–Crippen LogP) is 4.46. The molecule has 0 aliphatic heterocycles.